The lowest BCUT2D eigenvalue weighted by molar-refractivity contribution is 0.192. The molecule has 1 aromatic heterocycles. The number of aliphatic hydroxyl groups is 1. The fraction of sp³-hybridized carbons (Fsp3) is 0.267. The van der Waals surface area contributed by atoms with E-state index in [1.807, 2.05) is 29.2 Å². The molecule has 0 saturated heterocycles. The van der Waals surface area contributed by atoms with Crippen molar-refractivity contribution in [1.29, 1.82) is 0 Å². The standard InChI is InChI=1S/C15H17BrN2O2/c1-2-6-18(7-8-19)11-15-17-10-14(20-15)12-4-3-5-13(16)9-12/h2-5,9-10,19H,1,6-8,11H2. The van der Waals surface area contributed by atoms with Crippen LogP contribution < -0.4 is 0 Å². The SMILES string of the molecule is C=CCN(CCO)Cc1ncc(-c2cccc(Br)c2)o1. The highest BCUT2D eigenvalue weighted by Crippen LogP contribution is 2.24. The van der Waals surface area contributed by atoms with Crippen molar-refractivity contribution >= 4 is 15.9 Å². The Balaban J connectivity index is 2.10. The molecule has 1 aromatic carbocycles. The third kappa shape index (κ3) is 4.03. The Morgan fingerprint density at radius 1 is 1.45 bits per heavy atom. The molecule has 0 aliphatic carbocycles. The second-order valence-corrected chi connectivity index (χ2v) is 5.29. The van der Waals surface area contributed by atoms with Crippen molar-refractivity contribution in [2.45, 2.75) is 6.54 Å². The highest BCUT2D eigenvalue weighted by molar-refractivity contribution is 9.10. The van der Waals surface area contributed by atoms with Crippen LogP contribution in [0.3, 0.4) is 0 Å². The van der Waals surface area contributed by atoms with E-state index in [1.165, 1.54) is 0 Å². The topological polar surface area (TPSA) is 49.5 Å². The van der Waals surface area contributed by atoms with Crippen LogP contribution in [0.25, 0.3) is 11.3 Å². The van der Waals surface area contributed by atoms with E-state index in [4.69, 9.17) is 9.52 Å². The first-order valence-electron chi connectivity index (χ1n) is 6.37. The van der Waals surface area contributed by atoms with Gasteiger partial charge >= 0.3 is 0 Å². The molecule has 0 aliphatic heterocycles. The van der Waals surface area contributed by atoms with E-state index in [9.17, 15) is 0 Å². The molecule has 0 spiro atoms. The molecule has 2 aromatic rings. The zero-order chi connectivity index (χ0) is 14.4. The van der Waals surface area contributed by atoms with Crippen molar-refractivity contribution < 1.29 is 9.52 Å². The number of aromatic nitrogens is 1. The number of halogens is 1. The average Bonchev–Trinajstić information content (AvgIpc) is 2.88. The molecule has 0 radical (unpaired) electrons. The lowest BCUT2D eigenvalue weighted by atomic mass is 10.2. The van der Waals surface area contributed by atoms with Gasteiger partial charge in [-0.2, -0.15) is 0 Å². The maximum atomic E-state index is 9.02. The zero-order valence-electron chi connectivity index (χ0n) is 11.1. The Morgan fingerprint density at radius 3 is 3.00 bits per heavy atom. The molecular formula is C15H17BrN2O2. The van der Waals surface area contributed by atoms with Gasteiger partial charge in [-0.1, -0.05) is 34.1 Å². The molecule has 2 rings (SSSR count). The lowest BCUT2D eigenvalue weighted by Crippen LogP contribution is -2.26. The molecule has 0 bridgehead atoms. The van der Waals surface area contributed by atoms with Crippen LogP contribution in [0, 0.1) is 0 Å². The van der Waals surface area contributed by atoms with Gasteiger partial charge in [-0.15, -0.1) is 6.58 Å². The predicted octanol–water partition coefficient (Wildman–Crippen LogP) is 3.08. The summed E-state index contributed by atoms with van der Waals surface area (Å²) in [4.78, 5) is 6.30. The number of nitrogens with zero attached hydrogens (tertiary/aromatic N) is 2. The van der Waals surface area contributed by atoms with Gasteiger partial charge in [0.1, 0.15) is 0 Å². The minimum absolute atomic E-state index is 0.104. The molecule has 0 saturated carbocycles. The predicted molar refractivity (Wildman–Crippen MR) is 82.2 cm³/mol. The quantitative estimate of drug-likeness (QED) is 0.789. The largest absolute Gasteiger partial charge is 0.439 e. The summed E-state index contributed by atoms with van der Waals surface area (Å²) in [5.74, 6) is 1.37. The van der Waals surface area contributed by atoms with Crippen LogP contribution in [0.15, 0.2) is 52.0 Å². The monoisotopic (exact) mass is 336 g/mol. The fourth-order valence-electron chi connectivity index (χ4n) is 1.91. The van der Waals surface area contributed by atoms with E-state index in [2.05, 4.69) is 27.5 Å². The summed E-state index contributed by atoms with van der Waals surface area (Å²) in [6.45, 7) is 5.63. The maximum absolute atomic E-state index is 9.02. The van der Waals surface area contributed by atoms with Crippen molar-refractivity contribution in [3.8, 4) is 11.3 Å². The fourth-order valence-corrected chi connectivity index (χ4v) is 2.31. The molecule has 4 nitrogen and oxygen atoms in total. The zero-order valence-corrected chi connectivity index (χ0v) is 12.7. The summed E-state index contributed by atoms with van der Waals surface area (Å²) >= 11 is 3.44. The molecule has 0 atom stereocenters. The van der Waals surface area contributed by atoms with Crippen molar-refractivity contribution in [1.82, 2.24) is 9.88 Å². The van der Waals surface area contributed by atoms with E-state index in [-0.39, 0.29) is 6.61 Å². The molecule has 0 amide bonds. The number of hydrogen-bond donors (Lipinski definition) is 1. The second kappa shape index (κ2) is 7.38. The minimum Gasteiger partial charge on any atom is -0.439 e. The number of hydrogen-bond acceptors (Lipinski definition) is 4. The van der Waals surface area contributed by atoms with Gasteiger partial charge in [-0.05, 0) is 12.1 Å². The van der Waals surface area contributed by atoms with E-state index < -0.39 is 0 Å². The first-order chi connectivity index (χ1) is 9.72. The molecule has 20 heavy (non-hydrogen) atoms. The molecular weight excluding hydrogens is 320 g/mol. The van der Waals surface area contributed by atoms with Crippen LogP contribution in [-0.2, 0) is 6.54 Å². The third-order valence-corrected chi connectivity index (χ3v) is 3.32. The summed E-state index contributed by atoms with van der Waals surface area (Å²) in [5.41, 5.74) is 0.982. The number of rotatable bonds is 7. The Labute approximate surface area is 126 Å². The Kier molecular flexibility index (Phi) is 5.52. The molecule has 0 aliphatic rings. The van der Waals surface area contributed by atoms with Crippen molar-refractivity contribution in [3.05, 3.63) is 53.5 Å². The van der Waals surface area contributed by atoms with Crippen LogP contribution in [0.5, 0.6) is 0 Å². The molecule has 1 N–H and O–H groups in total. The first-order valence-corrected chi connectivity index (χ1v) is 7.17. The summed E-state index contributed by atoms with van der Waals surface area (Å²) in [6.07, 6.45) is 3.52. The molecule has 0 fully saturated rings. The molecule has 1 heterocycles. The summed E-state index contributed by atoms with van der Waals surface area (Å²) in [7, 11) is 0. The Bertz CT molecular complexity index is 569. The van der Waals surface area contributed by atoms with Gasteiger partial charge in [-0.3, -0.25) is 4.90 Å². The minimum atomic E-state index is 0.104. The smallest absolute Gasteiger partial charge is 0.209 e. The van der Waals surface area contributed by atoms with Gasteiger partial charge in [0, 0.05) is 23.1 Å². The van der Waals surface area contributed by atoms with Crippen LogP contribution in [0.2, 0.25) is 0 Å². The van der Waals surface area contributed by atoms with Crippen LogP contribution in [0.1, 0.15) is 5.89 Å². The summed E-state index contributed by atoms with van der Waals surface area (Å²) < 4.78 is 6.76. The molecule has 5 heteroatoms. The van der Waals surface area contributed by atoms with Crippen molar-refractivity contribution in [2.24, 2.45) is 0 Å². The van der Waals surface area contributed by atoms with E-state index in [0.717, 1.165) is 15.8 Å². The summed E-state index contributed by atoms with van der Waals surface area (Å²) in [6, 6.07) is 7.88. The average molecular weight is 337 g/mol. The summed E-state index contributed by atoms with van der Waals surface area (Å²) in [5, 5.41) is 9.02. The van der Waals surface area contributed by atoms with E-state index in [0.29, 0.717) is 25.5 Å². The third-order valence-electron chi connectivity index (χ3n) is 2.83. The Hall–Kier alpha value is -1.43. The van der Waals surface area contributed by atoms with E-state index in [1.54, 1.807) is 12.3 Å². The van der Waals surface area contributed by atoms with Crippen molar-refractivity contribution in [2.75, 3.05) is 19.7 Å². The maximum Gasteiger partial charge on any atom is 0.209 e. The van der Waals surface area contributed by atoms with Gasteiger partial charge < -0.3 is 9.52 Å². The van der Waals surface area contributed by atoms with Gasteiger partial charge in [0.25, 0.3) is 0 Å². The highest BCUT2D eigenvalue weighted by atomic mass is 79.9. The highest BCUT2D eigenvalue weighted by Gasteiger charge is 2.10. The van der Waals surface area contributed by atoms with Gasteiger partial charge in [0.2, 0.25) is 5.89 Å². The van der Waals surface area contributed by atoms with E-state index >= 15 is 0 Å². The normalized spacial score (nSPS) is 10.9. The Morgan fingerprint density at radius 2 is 2.30 bits per heavy atom. The second-order valence-electron chi connectivity index (χ2n) is 4.38. The van der Waals surface area contributed by atoms with Gasteiger partial charge in [0.05, 0.1) is 19.3 Å². The van der Waals surface area contributed by atoms with Gasteiger partial charge in [0.15, 0.2) is 5.76 Å². The van der Waals surface area contributed by atoms with Crippen LogP contribution >= 0.6 is 15.9 Å². The number of oxazole rings is 1. The molecule has 106 valence electrons. The van der Waals surface area contributed by atoms with Crippen LogP contribution in [0.4, 0.5) is 0 Å². The lowest BCUT2D eigenvalue weighted by Gasteiger charge is -2.16. The number of aliphatic hydroxyl groups excluding tert-OH is 1. The first kappa shape index (κ1) is 15.0. The van der Waals surface area contributed by atoms with Crippen LogP contribution in [-0.4, -0.2) is 34.7 Å². The van der Waals surface area contributed by atoms with Crippen molar-refractivity contribution in [3.63, 3.8) is 0 Å². The van der Waals surface area contributed by atoms with Gasteiger partial charge in [-0.25, -0.2) is 4.98 Å². The number of benzene rings is 1. The molecule has 0 unspecified atom stereocenters.